The highest BCUT2D eigenvalue weighted by Gasteiger charge is 2.20. The van der Waals surface area contributed by atoms with Crippen molar-refractivity contribution in [3.8, 4) is 0 Å². The van der Waals surface area contributed by atoms with E-state index in [1.54, 1.807) is 12.1 Å². The van der Waals surface area contributed by atoms with E-state index in [1.165, 1.54) is 5.56 Å². The Bertz CT molecular complexity index is 1310. The maximum Gasteiger partial charge on any atom is 0.262 e. The third-order valence-corrected chi connectivity index (χ3v) is 6.58. The number of benzene rings is 3. The molecule has 1 N–H and O–H groups in total. The van der Waals surface area contributed by atoms with Crippen LogP contribution in [-0.4, -0.2) is 18.2 Å². The molecule has 0 aliphatic rings. The number of fused-ring (bicyclic) bond motifs is 1. The van der Waals surface area contributed by atoms with Crippen molar-refractivity contribution in [1.29, 1.82) is 0 Å². The molecule has 4 rings (SSSR count). The molecule has 148 valence electrons. The Hall–Kier alpha value is -3.12. The molecule has 1 aromatic heterocycles. The highest BCUT2D eigenvalue weighted by Crippen LogP contribution is 2.26. The lowest BCUT2D eigenvalue weighted by Crippen LogP contribution is -2.14. The first-order valence-electron chi connectivity index (χ1n) is 9.45. The molecule has 0 bridgehead atoms. The Morgan fingerprint density at radius 2 is 1.59 bits per heavy atom. The third-order valence-electron chi connectivity index (χ3n) is 5.23. The molecule has 0 fully saturated rings. The minimum absolute atomic E-state index is 0.238. The van der Waals surface area contributed by atoms with Crippen molar-refractivity contribution in [2.24, 2.45) is 0 Å². The second-order valence-corrected chi connectivity index (χ2v) is 8.93. The average Bonchev–Trinajstić information content (AvgIpc) is 2.96. The van der Waals surface area contributed by atoms with Crippen LogP contribution < -0.4 is 4.72 Å². The minimum atomic E-state index is -3.72. The topological polar surface area (TPSA) is 64.0 Å². The summed E-state index contributed by atoms with van der Waals surface area (Å²) < 4.78 is 30.6. The van der Waals surface area contributed by atoms with Gasteiger partial charge in [-0.15, -0.1) is 0 Å². The van der Waals surface area contributed by atoms with E-state index in [4.69, 9.17) is 0 Å². The monoisotopic (exact) mass is 405 g/mol. The van der Waals surface area contributed by atoms with Crippen molar-refractivity contribution in [3.05, 3.63) is 89.2 Å². The quantitative estimate of drug-likeness (QED) is 0.518. The first-order chi connectivity index (χ1) is 13.8. The van der Waals surface area contributed by atoms with Crippen LogP contribution >= 0.6 is 0 Å². The van der Waals surface area contributed by atoms with Gasteiger partial charge in [0.15, 0.2) is 0 Å². The van der Waals surface area contributed by atoms with E-state index in [9.17, 15) is 8.42 Å². The van der Waals surface area contributed by atoms with Gasteiger partial charge in [-0.3, -0.25) is 9.40 Å². The lowest BCUT2D eigenvalue weighted by atomic mass is 10.1. The van der Waals surface area contributed by atoms with Crippen molar-refractivity contribution in [3.63, 3.8) is 0 Å². The third kappa shape index (κ3) is 3.76. The predicted octanol–water partition coefficient (Wildman–Crippen LogP) is 4.81. The molecule has 29 heavy (non-hydrogen) atoms. The number of sulfonamides is 1. The zero-order valence-corrected chi connectivity index (χ0v) is 17.5. The summed E-state index contributed by atoms with van der Waals surface area (Å²) in [7, 11) is -3.72. The van der Waals surface area contributed by atoms with Gasteiger partial charge in [-0.05, 0) is 54.8 Å². The molecular weight excluding hydrogens is 382 g/mol. The van der Waals surface area contributed by atoms with E-state index in [0.717, 1.165) is 22.0 Å². The first-order valence-corrected chi connectivity index (χ1v) is 10.9. The van der Waals surface area contributed by atoms with Crippen molar-refractivity contribution in [2.45, 2.75) is 32.2 Å². The summed E-state index contributed by atoms with van der Waals surface area (Å²) in [4.78, 5) is 0.238. The Morgan fingerprint density at radius 3 is 2.34 bits per heavy atom. The fraction of sp³-hybridized carbons (Fsp3) is 0.174. The second-order valence-electron chi connectivity index (χ2n) is 7.24. The van der Waals surface area contributed by atoms with Gasteiger partial charge in [-0.1, -0.05) is 54.6 Å². The van der Waals surface area contributed by atoms with E-state index in [1.807, 2.05) is 61.0 Å². The molecule has 0 unspecified atom stereocenters. The largest absolute Gasteiger partial charge is 0.276 e. The summed E-state index contributed by atoms with van der Waals surface area (Å²) in [5.74, 6) is 0. The molecule has 3 aromatic carbocycles. The fourth-order valence-corrected chi connectivity index (χ4v) is 4.69. The molecule has 0 aliphatic carbocycles. The molecule has 0 saturated carbocycles. The van der Waals surface area contributed by atoms with Crippen LogP contribution in [0.5, 0.6) is 0 Å². The van der Waals surface area contributed by atoms with Crippen LogP contribution in [0.15, 0.2) is 71.6 Å². The van der Waals surface area contributed by atoms with Crippen LogP contribution in [0.25, 0.3) is 10.8 Å². The Morgan fingerprint density at radius 1 is 0.897 bits per heavy atom. The first kappa shape index (κ1) is 19.2. The van der Waals surface area contributed by atoms with Gasteiger partial charge in [-0.25, -0.2) is 8.42 Å². The van der Waals surface area contributed by atoms with Crippen LogP contribution in [0.3, 0.4) is 0 Å². The van der Waals surface area contributed by atoms with Crippen molar-refractivity contribution in [1.82, 2.24) is 9.78 Å². The zero-order valence-electron chi connectivity index (χ0n) is 16.7. The van der Waals surface area contributed by atoms with E-state index in [-0.39, 0.29) is 4.90 Å². The van der Waals surface area contributed by atoms with Crippen LogP contribution in [-0.2, 0) is 16.6 Å². The molecule has 4 aromatic rings. The summed E-state index contributed by atoms with van der Waals surface area (Å²) >= 11 is 0. The summed E-state index contributed by atoms with van der Waals surface area (Å²) in [6.07, 6.45) is 0. The van der Waals surface area contributed by atoms with E-state index in [0.29, 0.717) is 17.9 Å². The number of nitrogens with one attached hydrogen (secondary N) is 1. The molecule has 0 spiro atoms. The number of hydrogen-bond acceptors (Lipinski definition) is 3. The zero-order chi connectivity index (χ0) is 20.6. The molecule has 0 aliphatic heterocycles. The van der Waals surface area contributed by atoms with Gasteiger partial charge in [0.2, 0.25) is 0 Å². The normalized spacial score (nSPS) is 11.7. The predicted molar refractivity (Wildman–Crippen MR) is 117 cm³/mol. The Balaban J connectivity index is 1.66. The lowest BCUT2D eigenvalue weighted by molar-refractivity contribution is 0.601. The van der Waals surface area contributed by atoms with Gasteiger partial charge in [0.1, 0.15) is 0 Å². The molecule has 1 heterocycles. The van der Waals surface area contributed by atoms with Gasteiger partial charge in [0, 0.05) is 0 Å². The number of aryl methyl sites for hydroxylation is 2. The van der Waals surface area contributed by atoms with E-state index >= 15 is 0 Å². The van der Waals surface area contributed by atoms with Crippen LogP contribution in [0.1, 0.15) is 22.5 Å². The molecule has 0 amide bonds. The molecule has 0 saturated heterocycles. The standard InChI is InChI=1S/C23H23N3O2S/c1-16-8-4-5-11-21(16)15-26-18(3)23(17(2)24-26)25-29(27,28)22-13-12-19-9-6-7-10-20(19)14-22/h4-14,25H,15H2,1-3H3. The van der Waals surface area contributed by atoms with Crippen LogP contribution in [0, 0.1) is 20.8 Å². The van der Waals surface area contributed by atoms with Gasteiger partial charge >= 0.3 is 0 Å². The Labute approximate surface area is 171 Å². The van der Waals surface area contributed by atoms with Gasteiger partial charge in [0.25, 0.3) is 10.0 Å². The van der Waals surface area contributed by atoms with Crippen LogP contribution in [0.2, 0.25) is 0 Å². The van der Waals surface area contributed by atoms with Crippen molar-refractivity contribution < 1.29 is 8.42 Å². The lowest BCUT2D eigenvalue weighted by Gasteiger charge is -2.11. The molecular formula is C23H23N3O2S. The van der Waals surface area contributed by atoms with E-state index < -0.39 is 10.0 Å². The maximum absolute atomic E-state index is 13.0. The number of hydrogen-bond donors (Lipinski definition) is 1. The van der Waals surface area contributed by atoms with Gasteiger partial charge in [-0.2, -0.15) is 5.10 Å². The number of rotatable bonds is 5. The van der Waals surface area contributed by atoms with Crippen LogP contribution in [0.4, 0.5) is 5.69 Å². The minimum Gasteiger partial charge on any atom is -0.276 e. The smallest absolute Gasteiger partial charge is 0.262 e. The van der Waals surface area contributed by atoms with Gasteiger partial charge < -0.3 is 0 Å². The highest BCUT2D eigenvalue weighted by molar-refractivity contribution is 7.92. The number of anilines is 1. The summed E-state index contributed by atoms with van der Waals surface area (Å²) in [5.41, 5.74) is 4.31. The SMILES string of the molecule is Cc1ccccc1Cn1nc(C)c(NS(=O)(=O)c2ccc3ccccc3c2)c1C. The summed E-state index contributed by atoms with van der Waals surface area (Å²) in [6, 6.07) is 21.0. The number of nitrogens with zero attached hydrogens (tertiary/aromatic N) is 2. The van der Waals surface area contributed by atoms with Crippen molar-refractivity contribution >= 4 is 26.5 Å². The molecule has 5 nitrogen and oxygen atoms in total. The maximum atomic E-state index is 13.0. The molecule has 6 heteroatoms. The average molecular weight is 406 g/mol. The molecule has 0 atom stereocenters. The molecule has 0 radical (unpaired) electrons. The summed E-state index contributed by atoms with van der Waals surface area (Å²) in [5, 5.41) is 6.46. The van der Waals surface area contributed by atoms with Gasteiger partial charge in [0.05, 0.1) is 28.5 Å². The Kier molecular flexibility index (Phi) is 4.88. The fourth-order valence-electron chi connectivity index (χ4n) is 3.48. The highest BCUT2D eigenvalue weighted by atomic mass is 32.2. The second kappa shape index (κ2) is 7.37. The van der Waals surface area contributed by atoms with Crippen molar-refractivity contribution in [2.75, 3.05) is 4.72 Å². The summed E-state index contributed by atoms with van der Waals surface area (Å²) in [6.45, 7) is 6.36. The van der Waals surface area contributed by atoms with E-state index in [2.05, 4.69) is 28.9 Å². The number of aromatic nitrogens is 2.